The van der Waals surface area contributed by atoms with E-state index in [1.54, 1.807) is 64.0 Å². The average Bonchev–Trinajstić information content (AvgIpc) is 2.52. The fraction of sp³-hybridized carbons (Fsp3) is 0.316. The smallest absolute Gasteiger partial charge is 0.338 e. The number of carbonyl (C=O) groups excluding carboxylic acids is 1. The number of carboxylic acids is 1. The Morgan fingerprint density at radius 2 is 1.76 bits per heavy atom. The number of benzene rings is 1. The van der Waals surface area contributed by atoms with Crippen molar-refractivity contribution in [2.45, 2.75) is 26.4 Å². The normalized spacial score (nSPS) is 11.1. The van der Waals surface area contributed by atoms with Crippen LogP contribution in [-0.4, -0.2) is 41.7 Å². The van der Waals surface area contributed by atoms with E-state index in [2.05, 4.69) is 4.98 Å². The number of ether oxygens (including phenoxy) is 1. The number of rotatable bonds is 4. The average molecular weight is 342 g/mol. The molecular weight excluding hydrogens is 320 g/mol. The summed E-state index contributed by atoms with van der Waals surface area (Å²) in [6.45, 7) is 5.40. The van der Waals surface area contributed by atoms with E-state index in [0.717, 1.165) is 0 Å². The molecule has 6 nitrogen and oxygen atoms in total. The third-order valence-electron chi connectivity index (χ3n) is 3.31. The minimum atomic E-state index is -1.03. The molecule has 1 N–H and O–H groups in total. The maximum Gasteiger partial charge on any atom is 0.338 e. The second kappa shape index (κ2) is 6.93. The molecule has 25 heavy (non-hydrogen) atoms. The van der Waals surface area contributed by atoms with Crippen molar-refractivity contribution >= 4 is 17.8 Å². The molecule has 2 aromatic rings. The zero-order valence-electron chi connectivity index (χ0n) is 15.0. The molecule has 0 amide bonds. The molecule has 0 aliphatic rings. The zero-order valence-corrected chi connectivity index (χ0v) is 15.0. The second-order valence-electron chi connectivity index (χ2n) is 6.88. The van der Waals surface area contributed by atoms with Crippen LogP contribution in [0.15, 0.2) is 36.4 Å². The number of anilines is 1. The third-order valence-corrected chi connectivity index (χ3v) is 3.31. The van der Waals surface area contributed by atoms with Gasteiger partial charge < -0.3 is 14.7 Å². The lowest BCUT2D eigenvalue weighted by atomic mass is 10.1. The first kappa shape index (κ1) is 18.4. The summed E-state index contributed by atoms with van der Waals surface area (Å²) in [4.78, 5) is 29.8. The summed E-state index contributed by atoms with van der Waals surface area (Å²) in [5.41, 5.74) is 1.06. The molecular formula is C19H22N2O4. The fourth-order valence-corrected chi connectivity index (χ4v) is 2.16. The van der Waals surface area contributed by atoms with Crippen LogP contribution < -0.4 is 4.90 Å². The molecule has 132 valence electrons. The molecule has 0 atom stereocenters. The molecule has 2 rings (SSSR count). The second-order valence-corrected chi connectivity index (χ2v) is 6.88. The highest BCUT2D eigenvalue weighted by atomic mass is 16.6. The molecule has 0 spiro atoms. The molecule has 0 aliphatic heterocycles. The quantitative estimate of drug-likeness (QED) is 0.857. The van der Waals surface area contributed by atoms with Crippen LogP contribution in [0.3, 0.4) is 0 Å². The Labute approximate surface area is 147 Å². The molecule has 0 saturated carbocycles. The summed E-state index contributed by atoms with van der Waals surface area (Å²) in [6.07, 6.45) is 0. The molecule has 1 aromatic heterocycles. The van der Waals surface area contributed by atoms with E-state index in [9.17, 15) is 14.7 Å². The number of carboxylic acid groups (broad SMARTS) is 1. The Hall–Kier alpha value is -2.89. The topological polar surface area (TPSA) is 79.7 Å². The van der Waals surface area contributed by atoms with Gasteiger partial charge in [-0.1, -0.05) is 12.1 Å². The van der Waals surface area contributed by atoms with Crippen LogP contribution in [-0.2, 0) is 4.74 Å². The Morgan fingerprint density at radius 1 is 1.08 bits per heavy atom. The number of aromatic nitrogens is 1. The third kappa shape index (κ3) is 4.79. The molecule has 1 aromatic carbocycles. The Balaban J connectivity index is 2.47. The number of hydrogen-bond donors (Lipinski definition) is 1. The Morgan fingerprint density at radius 3 is 2.32 bits per heavy atom. The summed E-state index contributed by atoms with van der Waals surface area (Å²) < 4.78 is 5.38. The van der Waals surface area contributed by atoms with Gasteiger partial charge in [-0.05, 0) is 45.0 Å². The molecule has 0 radical (unpaired) electrons. The molecule has 0 saturated heterocycles. The van der Waals surface area contributed by atoms with Crippen molar-refractivity contribution in [2.75, 3.05) is 19.0 Å². The molecule has 0 unspecified atom stereocenters. The summed E-state index contributed by atoms with van der Waals surface area (Å²) in [6, 6.07) is 9.81. The van der Waals surface area contributed by atoms with Gasteiger partial charge in [0.05, 0.1) is 16.8 Å². The van der Waals surface area contributed by atoms with E-state index < -0.39 is 17.5 Å². The van der Waals surface area contributed by atoms with Crippen molar-refractivity contribution in [3.8, 4) is 11.3 Å². The van der Waals surface area contributed by atoms with Gasteiger partial charge in [0.15, 0.2) is 0 Å². The summed E-state index contributed by atoms with van der Waals surface area (Å²) >= 11 is 0. The Kier molecular flexibility index (Phi) is 5.11. The van der Waals surface area contributed by atoms with Gasteiger partial charge in [0.25, 0.3) is 0 Å². The highest BCUT2D eigenvalue weighted by Crippen LogP contribution is 2.24. The fourth-order valence-electron chi connectivity index (χ4n) is 2.16. The van der Waals surface area contributed by atoms with Crippen molar-refractivity contribution in [3.63, 3.8) is 0 Å². The summed E-state index contributed by atoms with van der Waals surface area (Å²) in [5.74, 6) is -0.941. The number of pyridine rings is 1. The van der Waals surface area contributed by atoms with E-state index >= 15 is 0 Å². The van der Waals surface area contributed by atoms with Crippen molar-refractivity contribution in [1.82, 2.24) is 4.98 Å². The SMILES string of the molecule is CN(C)c1cc(C(=O)O)cc(-c2cccc(C(=O)OC(C)(C)C)c2)n1. The van der Waals surface area contributed by atoms with Gasteiger partial charge in [0, 0.05) is 19.7 Å². The highest BCUT2D eigenvalue weighted by Gasteiger charge is 2.19. The minimum absolute atomic E-state index is 0.136. The number of nitrogens with zero attached hydrogens (tertiary/aromatic N) is 2. The Bertz CT molecular complexity index is 807. The molecule has 0 bridgehead atoms. The lowest BCUT2D eigenvalue weighted by molar-refractivity contribution is 0.00693. The van der Waals surface area contributed by atoms with E-state index in [0.29, 0.717) is 22.6 Å². The van der Waals surface area contributed by atoms with E-state index in [-0.39, 0.29) is 5.56 Å². The zero-order chi connectivity index (χ0) is 18.8. The minimum Gasteiger partial charge on any atom is -0.478 e. The molecule has 6 heteroatoms. The molecule has 0 fully saturated rings. The van der Waals surface area contributed by atoms with Crippen molar-refractivity contribution in [2.24, 2.45) is 0 Å². The highest BCUT2D eigenvalue weighted by molar-refractivity contribution is 5.92. The number of hydrogen-bond acceptors (Lipinski definition) is 5. The van der Waals surface area contributed by atoms with Crippen LogP contribution in [0.2, 0.25) is 0 Å². The first-order chi connectivity index (χ1) is 11.6. The summed E-state index contributed by atoms with van der Waals surface area (Å²) in [5, 5.41) is 9.31. The van der Waals surface area contributed by atoms with Gasteiger partial charge in [-0.2, -0.15) is 0 Å². The van der Waals surface area contributed by atoms with E-state index in [1.807, 2.05) is 0 Å². The van der Waals surface area contributed by atoms with Crippen LogP contribution in [0.25, 0.3) is 11.3 Å². The largest absolute Gasteiger partial charge is 0.478 e. The number of carbonyl (C=O) groups is 2. The van der Waals surface area contributed by atoms with Crippen molar-refractivity contribution < 1.29 is 19.4 Å². The van der Waals surface area contributed by atoms with Gasteiger partial charge in [0.2, 0.25) is 0 Å². The van der Waals surface area contributed by atoms with E-state index in [4.69, 9.17) is 4.74 Å². The lowest BCUT2D eigenvalue weighted by Crippen LogP contribution is -2.23. The van der Waals surface area contributed by atoms with Gasteiger partial charge in [-0.15, -0.1) is 0 Å². The first-order valence-corrected chi connectivity index (χ1v) is 7.83. The van der Waals surface area contributed by atoms with Crippen LogP contribution in [0, 0.1) is 0 Å². The van der Waals surface area contributed by atoms with Crippen LogP contribution in [0.4, 0.5) is 5.82 Å². The summed E-state index contributed by atoms with van der Waals surface area (Å²) in [7, 11) is 3.57. The van der Waals surface area contributed by atoms with Gasteiger partial charge in [-0.3, -0.25) is 0 Å². The van der Waals surface area contributed by atoms with E-state index in [1.165, 1.54) is 12.1 Å². The standard InChI is InChI=1S/C19H22N2O4/c1-19(2,3)25-18(24)13-8-6-7-12(9-13)15-10-14(17(22)23)11-16(20-15)21(4)5/h6-11H,1-5H3,(H,22,23). The van der Waals surface area contributed by atoms with Crippen LogP contribution >= 0.6 is 0 Å². The molecule has 0 aliphatic carbocycles. The van der Waals surface area contributed by atoms with Gasteiger partial charge in [-0.25, -0.2) is 14.6 Å². The molecule has 1 heterocycles. The van der Waals surface area contributed by atoms with Gasteiger partial charge in [0.1, 0.15) is 11.4 Å². The van der Waals surface area contributed by atoms with Crippen LogP contribution in [0.5, 0.6) is 0 Å². The number of esters is 1. The van der Waals surface area contributed by atoms with Gasteiger partial charge >= 0.3 is 11.9 Å². The van der Waals surface area contributed by atoms with Crippen molar-refractivity contribution in [1.29, 1.82) is 0 Å². The predicted octanol–water partition coefficient (Wildman–Crippen LogP) is 3.47. The maximum absolute atomic E-state index is 12.2. The monoisotopic (exact) mass is 342 g/mol. The predicted molar refractivity (Wildman–Crippen MR) is 96.1 cm³/mol. The first-order valence-electron chi connectivity index (χ1n) is 7.83. The van der Waals surface area contributed by atoms with Crippen LogP contribution in [0.1, 0.15) is 41.5 Å². The van der Waals surface area contributed by atoms with Crippen molar-refractivity contribution in [3.05, 3.63) is 47.5 Å². The lowest BCUT2D eigenvalue weighted by Gasteiger charge is -2.19. The number of aromatic carboxylic acids is 1. The maximum atomic E-state index is 12.2.